The topological polar surface area (TPSA) is 0 Å². The summed E-state index contributed by atoms with van der Waals surface area (Å²) in [6.45, 7) is 1.82. The summed E-state index contributed by atoms with van der Waals surface area (Å²) in [4.78, 5) is 0. The van der Waals surface area contributed by atoms with Crippen LogP contribution in [-0.2, 0) is 13.1 Å². The number of hydrogen-bond donors (Lipinski definition) is 0. The van der Waals surface area contributed by atoms with E-state index in [1.807, 2.05) is 24.3 Å². The summed E-state index contributed by atoms with van der Waals surface area (Å²) in [6.07, 6.45) is 3.33. The summed E-state index contributed by atoms with van der Waals surface area (Å²) >= 11 is 0. The van der Waals surface area contributed by atoms with Crippen molar-refractivity contribution in [2.75, 3.05) is 0 Å². The van der Waals surface area contributed by atoms with Crippen LogP contribution in [0, 0.1) is 0 Å². The van der Waals surface area contributed by atoms with Crippen LogP contribution in [0.1, 0.15) is 30.9 Å². The van der Waals surface area contributed by atoms with Crippen molar-refractivity contribution in [1.29, 1.82) is 0 Å². The number of halogens is 1. The Labute approximate surface area is 73.4 Å². The molecule has 66 valence electrons. The first-order valence-corrected chi connectivity index (χ1v) is 4.51. The third kappa shape index (κ3) is 2.33. The van der Waals surface area contributed by atoms with Gasteiger partial charge in [-0.25, -0.2) is 4.39 Å². The molecule has 0 saturated heterocycles. The highest BCUT2D eigenvalue weighted by Crippen LogP contribution is 2.12. The Kier molecular flexibility index (Phi) is 3.78. The van der Waals surface area contributed by atoms with Crippen molar-refractivity contribution in [3.05, 3.63) is 35.4 Å². The Bertz CT molecular complexity index is 230. The fraction of sp³-hybridized carbons (Fsp3) is 0.455. The summed E-state index contributed by atoms with van der Waals surface area (Å²) in [5, 5.41) is 0. The molecule has 1 aromatic carbocycles. The van der Waals surface area contributed by atoms with E-state index < -0.39 is 0 Å². The molecule has 0 bridgehead atoms. The summed E-state index contributed by atoms with van der Waals surface area (Å²) in [5.74, 6) is 0. The molecule has 1 aromatic rings. The smallest absolute Gasteiger partial charge is 0.115 e. The van der Waals surface area contributed by atoms with E-state index >= 15 is 0 Å². The second-order valence-corrected chi connectivity index (χ2v) is 3.01. The standard InChI is InChI=1S/C11H15F/c1-2-3-6-10-7-4-5-8-11(10)9-12/h4-5,7-8H,2-3,6,9H2,1H3. The maximum Gasteiger partial charge on any atom is 0.115 e. The largest absolute Gasteiger partial charge is 0.246 e. The van der Waals surface area contributed by atoms with Gasteiger partial charge in [-0.1, -0.05) is 37.6 Å². The van der Waals surface area contributed by atoms with Crippen LogP contribution in [-0.4, -0.2) is 0 Å². The molecule has 0 fully saturated rings. The van der Waals surface area contributed by atoms with Gasteiger partial charge < -0.3 is 0 Å². The molecule has 0 amide bonds. The minimum Gasteiger partial charge on any atom is -0.246 e. The monoisotopic (exact) mass is 166 g/mol. The minimum absolute atomic E-state index is 0.333. The summed E-state index contributed by atoms with van der Waals surface area (Å²) in [7, 11) is 0. The maximum absolute atomic E-state index is 12.4. The number of rotatable bonds is 4. The first-order valence-electron chi connectivity index (χ1n) is 4.51. The van der Waals surface area contributed by atoms with Crippen molar-refractivity contribution in [3.63, 3.8) is 0 Å². The zero-order chi connectivity index (χ0) is 8.81. The first-order chi connectivity index (χ1) is 5.88. The lowest BCUT2D eigenvalue weighted by Gasteiger charge is -2.04. The Hall–Kier alpha value is -0.850. The van der Waals surface area contributed by atoms with Gasteiger partial charge in [0.25, 0.3) is 0 Å². The third-order valence-corrected chi connectivity index (χ3v) is 2.06. The van der Waals surface area contributed by atoms with Crippen LogP contribution in [0.2, 0.25) is 0 Å². The van der Waals surface area contributed by atoms with Crippen molar-refractivity contribution < 1.29 is 4.39 Å². The summed E-state index contributed by atoms with van der Waals surface area (Å²) in [6, 6.07) is 7.75. The van der Waals surface area contributed by atoms with Gasteiger partial charge in [-0.15, -0.1) is 0 Å². The van der Waals surface area contributed by atoms with Crippen molar-refractivity contribution in [2.45, 2.75) is 32.9 Å². The second kappa shape index (κ2) is 4.91. The van der Waals surface area contributed by atoms with Crippen LogP contribution in [0.4, 0.5) is 4.39 Å². The van der Waals surface area contributed by atoms with E-state index in [2.05, 4.69) is 6.92 Å². The van der Waals surface area contributed by atoms with E-state index in [1.54, 1.807) is 0 Å². The van der Waals surface area contributed by atoms with E-state index in [1.165, 1.54) is 12.0 Å². The summed E-state index contributed by atoms with van der Waals surface area (Å²) in [5.41, 5.74) is 2.02. The zero-order valence-corrected chi connectivity index (χ0v) is 7.52. The van der Waals surface area contributed by atoms with Crippen LogP contribution in [0.15, 0.2) is 24.3 Å². The van der Waals surface area contributed by atoms with Crippen LogP contribution in [0.25, 0.3) is 0 Å². The minimum atomic E-state index is -0.333. The molecular weight excluding hydrogens is 151 g/mol. The molecule has 0 aromatic heterocycles. The van der Waals surface area contributed by atoms with Crippen LogP contribution in [0.5, 0.6) is 0 Å². The Balaban J connectivity index is 2.68. The number of benzene rings is 1. The molecule has 12 heavy (non-hydrogen) atoms. The molecule has 1 heteroatoms. The molecule has 0 aliphatic carbocycles. The van der Waals surface area contributed by atoms with Gasteiger partial charge in [-0.2, -0.15) is 0 Å². The lowest BCUT2D eigenvalue weighted by atomic mass is 10.0. The molecule has 1 rings (SSSR count). The Morgan fingerprint density at radius 3 is 2.42 bits per heavy atom. The van der Waals surface area contributed by atoms with Crippen molar-refractivity contribution in [2.24, 2.45) is 0 Å². The fourth-order valence-corrected chi connectivity index (χ4v) is 1.30. The lowest BCUT2D eigenvalue weighted by molar-refractivity contribution is 0.482. The van der Waals surface area contributed by atoms with Gasteiger partial charge in [0, 0.05) is 0 Å². The van der Waals surface area contributed by atoms with Gasteiger partial charge in [-0.3, -0.25) is 0 Å². The predicted octanol–water partition coefficient (Wildman–Crippen LogP) is 3.50. The van der Waals surface area contributed by atoms with Gasteiger partial charge in [0.1, 0.15) is 6.67 Å². The molecule has 0 saturated carbocycles. The van der Waals surface area contributed by atoms with E-state index in [4.69, 9.17) is 0 Å². The Morgan fingerprint density at radius 1 is 1.17 bits per heavy atom. The predicted molar refractivity (Wildman–Crippen MR) is 49.9 cm³/mol. The van der Waals surface area contributed by atoms with E-state index in [0.717, 1.165) is 18.4 Å². The van der Waals surface area contributed by atoms with Crippen LogP contribution < -0.4 is 0 Å². The maximum atomic E-state index is 12.4. The Morgan fingerprint density at radius 2 is 1.83 bits per heavy atom. The molecule has 0 nitrogen and oxygen atoms in total. The first kappa shape index (κ1) is 9.24. The fourth-order valence-electron chi connectivity index (χ4n) is 1.30. The third-order valence-electron chi connectivity index (χ3n) is 2.06. The van der Waals surface area contributed by atoms with Gasteiger partial charge >= 0.3 is 0 Å². The van der Waals surface area contributed by atoms with Gasteiger partial charge in [0.2, 0.25) is 0 Å². The molecule has 0 unspecified atom stereocenters. The highest BCUT2D eigenvalue weighted by molar-refractivity contribution is 5.26. The van der Waals surface area contributed by atoms with Crippen molar-refractivity contribution in [1.82, 2.24) is 0 Å². The highest BCUT2D eigenvalue weighted by Gasteiger charge is 1.99. The molecule has 0 radical (unpaired) electrons. The number of hydrogen-bond acceptors (Lipinski definition) is 0. The molecule has 0 aliphatic heterocycles. The molecular formula is C11H15F. The molecule has 0 aliphatic rings. The molecule has 0 heterocycles. The number of aryl methyl sites for hydroxylation is 1. The lowest BCUT2D eigenvalue weighted by Crippen LogP contribution is -1.91. The highest BCUT2D eigenvalue weighted by atomic mass is 19.1. The number of unbranched alkanes of at least 4 members (excludes halogenated alkanes) is 1. The van der Waals surface area contributed by atoms with Gasteiger partial charge in [-0.05, 0) is 24.0 Å². The van der Waals surface area contributed by atoms with E-state index in [0.29, 0.717) is 0 Å². The average molecular weight is 166 g/mol. The van der Waals surface area contributed by atoms with Crippen molar-refractivity contribution in [3.8, 4) is 0 Å². The van der Waals surface area contributed by atoms with Crippen molar-refractivity contribution >= 4 is 0 Å². The molecule has 0 spiro atoms. The van der Waals surface area contributed by atoms with Gasteiger partial charge in [0.05, 0.1) is 0 Å². The normalized spacial score (nSPS) is 10.2. The number of alkyl halides is 1. The van der Waals surface area contributed by atoms with E-state index in [-0.39, 0.29) is 6.67 Å². The average Bonchev–Trinajstić information content (AvgIpc) is 2.15. The van der Waals surface area contributed by atoms with Gasteiger partial charge in [0.15, 0.2) is 0 Å². The van der Waals surface area contributed by atoms with Crippen LogP contribution >= 0.6 is 0 Å². The zero-order valence-electron chi connectivity index (χ0n) is 7.52. The van der Waals surface area contributed by atoms with E-state index in [9.17, 15) is 4.39 Å². The quantitative estimate of drug-likeness (QED) is 0.642. The molecule has 0 atom stereocenters. The van der Waals surface area contributed by atoms with Crippen LogP contribution in [0.3, 0.4) is 0 Å². The SMILES string of the molecule is CCCCc1ccccc1CF. The second-order valence-electron chi connectivity index (χ2n) is 3.01. The molecule has 0 N–H and O–H groups in total. The summed E-state index contributed by atoms with van der Waals surface area (Å²) < 4.78 is 12.4.